The quantitative estimate of drug-likeness (QED) is 0.514. The number of carbonyl (C=O) groups excluding carboxylic acids is 1. The molecule has 3 rings (SSSR count). The van der Waals surface area contributed by atoms with Crippen LogP contribution in [0.25, 0.3) is 10.9 Å². The maximum absolute atomic E-state index is 11.7. The van der Waals surface area contributed by atoms with Gasteiger partial charge in [0.2, 0.25) is 5.91 Å². The number of nitrogens with zero attached hydrogens (tertiary/aromatic N) is 2. The van der Waals surface area contributed by atoms with Gasteiger partial charge < -0.3 is 10.6 Å². The van der Waals surface area contributed by atoms with Crippen LogP contribution in [0.3, 0.4) is 0 Å². The van der Waals surface area contributed by atoms with Crippen LogP contribution in [0.4, 0.5) is 17.2 Å². The molecule has 3 aromatic rings. The summed E-state index contributed by atoms with van der Waals surface area (Å²) in [7, 11) is 0. The Morgan fingerprint density at radius 2 is 1.89 bits per heavy atom. The molecule has 0 fully saturated rings. The lowest BCUT2D eigenvalue weighted by molar-refractivity contribution is -0.111. The maximum atomic E-state index is 11.7. The van der Waals surface area contributed by atoms with Crippen molar-refractivity contribution in [2.45, 2.75) is 20.8 Å². The highest BCUT2D eigenvalue weighted by Crippen LogP contribution is 2.28. The molecule has 5 nitrogen and oxygen atoms in total. The van der Waals surface area contributed by atoms with Crippen LogP contribution in [0.2, 0.25) is 0 Å². The van der Waals surface area contributed by atoms with Crippen molar-refractivity contribution in [3.05, 3.63) is 67.0 Å². The third kappa shape index (κ3) is 4.93. The summed E-state index contributed by atoms with van der Waals surface area (Å²) in [6.07, 6.45) is 2.72. The number of para-hydroxylation sites is 1. The minimum absolute atomic E-state index is 0.298. The van der Waals surface area contributed by atoms with E-state index in [4.69, 9.17) is 0 Å². The van der Waals surface area contributed by atoms with Crippen molar-refractivity contribution in [2.24, 2.45) is 0 Å². The molecule has 0 saturated carbocycles. The molecule has 0 radical (unpaired) electrons. The van der Waals surface area contributed by atoms with Gasteiger partial charge in [0.15, 0.2) is 0 Å². The van der Waals surface area contributed by atoms with E-state index in [1.54, 1.807) is 6.92 Å². The summed E-state index contributed by atoms with van der Waals surface area (Å²) < 4.78 is 0. The van der Waals surface area contributed by atoms with Gasteiger partial charge in [0.1, 0.15) is 12.1 Å². The Kier molecular flexibility index (Phi) is 7.09. The number of rotatable bonds is 4. The number of benzene rings is 2. The predicted octanol–water partition coefficient (Wildman–Crippen LogP) is 4.90. The molecule has 0 spiro atoms. The standard InChI is InChI=1S/C20H16N4O.C2H6/c1-3-8-14-11-18-16(12-17(14)24-19(25)4-2)20(22-13-21-18)23-15-9-6-5-7-10-15;1-2/h4-7,9-13H,2H2,1H3,(H,24,25)(H,21,22,23);1-2H3. The fourth-order valence-electron chi connectivity index (χ4n) is 2.39. The smallest absolute Gasteiger partial charge is 0.247 e. The Bertz CT molecular complexity index is 1000. The molecule has 2 aromatic carbocycles. The van der Waals surface area contributed by atoms with Crippen LogP contribution in [0, 0.1) is 11.8 Å². The molecule has 27 heavy (non-hydrogen) atoms. The summed E-state index contributed by atoms with van der Waals surface area (Å²) in [6, 6.07) is 13.4. The Morgan fingerprint density at radius 1 is 1.15 bits per heavy atom. The summed E-state index contributed by atoms with van der Waals surface area (Å²) in [4.78, 5) is 20.4. The molecule has 0 atom stereocenters. The Morgan fingerprint density at radius 3 is 2.56 bits per heavy atom. The molecule has 0 aliphatic rings. The number of nitrogens with one attached hydrogen (secondary N) is 2. The second-order valence-electron chi connectivity index (χ2n) is 5.20. The van der Waals surface area contributed by atoms with Crippen molar-refractivity contribution in [3.8, 4) is 11.8 Å². The summed E-state index contributed by atoms with van der Waals surface area (Å²) in [5.74, 6) is 6.19. The molecule has 0 saturated heterocycles. The number of anilines is 3. The summed E-state index contributed by atoms with van der Waals surface area (Å²) in [6.45, 7) is 9.22. The number of hydrogen-bond donors (Lipinski definition) is 2. The van der Waals surface area contributed by atoms with Crippen molar-refractivity contribution in [1.29, 1.82) is 0 Å². The van der Waals surface area contributed by atoms with Gasteiger partial charge in [-0.1, -0.05) is 44.5 Å². The number of carbonyl (C=O) groups is 1. The molecule has 0 aliphatic heterocycles. The van der Waals surface area contributed by atoms with Crippen molar-refractivity contribution in [2.75, 3.05) is 10.6 Å². The number of hydrogen-bond acceptors (Lipinski definition) is 4. The lowest BCUT2D eigenvalue weighted by Gasteiger charge is -2.11. The van der Waals surface area contributed by atoms with Crippen LogP contribution in [-0.2, 0) is 4.79 Å². The molecule has 1 heterocycles. The van der Waals surface area contributed by atoms with E-state index >= 15 is 0 Å². The topological polar surface area (TPSA) is 66.9 Å². The van der Waals surface area contributed by atoms with Crippen LogP contribution in [0.15, 0.2) is 61.4 Å². The molecule has 1 amide bonds. The van der Waals surface area contributed by atoms with Gasteiger partial charge in [0.25, 0.3) is 0 Å². The third-order valence-corrected chi connectivity index (χ3v) is 3.51. The van der Waals surface area contributed by atoms with E-state index in [1.807, 2.05) is 56.3 Å². The highest BCUT2D eigenvalue weighted by Gasteiger charge is 2.10. The zero-order valence-corrected chi connectivity index (χ0v) is 15.7. The lowest BCUT2D eigenvalue weighted by Crippen LogP contribution is -2.09. The molecule has 2 N–H and O–H groups in total. The summed E-state index contributed by atoms with van der Waals surface area (Å²) >= 11 is 0. The molecule has 0 unspecified atom stereocenters. The van der Waals surface area contributed by atoms with E-state index in [9.17, 15) is 4.79 Å². The van der Waals surface area contributed by atoms with Gasteiger partial charge in [-0.15, -0.1) is 5.92 Å². The normalized spacial score (nSPS) is 9.30. The Balaban J connectivity index is 0.00000126. The molecule has 136 valence electrons. The maximum Gasteiger partial charge on any atom is 0.247 e. The van der Waals surface area contributed by atoms with Crippen molar-refractivity contribution in [1.82, 2.24) is 9.97 Å². The molecule has 1 aromatic heterocycles. The van der Waals surface area contributed by atoms with Crippen LogP contribution in [0.1, 0.15) is 26.3 Å². The zero-order valence-electron chi connectivity index (χ0n) is 15.7. The average molecular weight is 358 g/mol. The first-order chi connectivity index (χ1) is 13.2. The van der Waals surface area contributed by atoms with E-state index in [1.165, 1.54) is 12.4 Å². The predicted molar refractivity (Wildman–Crippen MR) is 112 cm³/mol. The van der Waals surface area contributed by atoms with E-state index < -0.39 is 0 Å². The first-order valence-corrected chi connectivity index (χ1v) is 8.68. The Labute approximate surface area is 159 Å². The van der Waals surface area contributed by atoms with Crippen LogP contribution >= 0.6 is 0 Å². The second kappa shape index (κ2) is 9.73. The summed E-state index contributed by atoms with van der Waals surface area (Å²) in [5.41, 5.74) is 2.94. The lowest BCUT2D eigenvalue weighted by atomic mass is 10.1. The highest BCUT2D eigenvalue weighted by molar-refractivity contribution is 6.03. The van der Waals surface area contributed by atoms with Crippen LogP contribution in [0.5, 0.6) is 0 Å². The molecule has 5 heteroatoms. The fraction of sp³-hybridized carbons (Fsp3) is 0.136. The number of aromatic nitrogens is 2. The number of fused-ring (bicyclic) bond motifs is 1. The first kappa shape index (κ1) is 19.7. The minimum Gasteiger partial charge on any atom is -0.340 e. The summed E-state index contributed by atoms with van der Waals surface area (Å²) in [5, 5.41) is 6.84. The van der Waals surface area contributed by atoms with Gasteiger partial charge in [0, 0.05) is 11.1 Å². The Hall–Kier alpha value is -3.65. The van der Waals surface area contributed by atoms with E-state index in [-0.39, 0.29) is 5.91 Å². The van der Waals surface area contributed by atoms with Gasteiger partial charge in [-0.25, -0.2) is 9.97 Å². The highest BCUT2D eigenvalue weighted by atomic mass is 16.1. The fourth-order valence-corrected chi connectivity index (χ4v) is 2.39. The van der Waals surface area contributed by atoms with Gasteiger partial charge in [-0.2, -0.15) is 0 Å². The molecule has 0 aliphatic carbocycles. The van der Waals surface area contributed by atoms with Crippen molar-refractivity contribution < 1.29 is 4.79 Å². The second-order valence-corrected chi connectivity index (χ2v) is 5.20. The van der Waals surface area contributed by atoms with Crippen molar-refractivity contribution in [3.63, 3.8) is 0 Å². The van der Waals surface area contributed by atoms with Gasteiger partial charge >= 0.3 is 0 Å². The average Bonchev–Trinajstić information content (AvgIpc) is 2.71. The zero-order chi connectivity index (χ0) is 19.6. The SMILES string of the molecule is C=CC(=O)Nc1cc2c(Nc3ccccc3)ncnc2cc1C#CC.CC. The monoisotopic (exact) mass is 358 g/mol. The first-order valence-electron chi connectivity index (χ1n) is 8.68. The molecular weight excluding hydrogens is 336 g/mol. The van der Waals surface area contributed by atoms with Crippen LogP contribution < -0.4 is 10.6 Å². The third-order valence-electron chi connectivity index (χ3n) is 3.51. The van der Waals surface area contributed by atoms with Gasteiger partial charge in [0.05, 0.1) is 16.8 Å². The largest absolute Gasteiger partial charge is 0.340 e. The van der Waals surface area contributed by atoms with E-state index in [0.29, 0.717) is 17.1 Å². The van der Waals surface area contributed by atoms with Gasteiger partial charge in [-0.3, -0.25) is 4.79 Å². The molecular formula is C22H22N4O. The van der Waals surface area contributed by atoms with Crippen molar-refractivity contribution >= 4 is 34.0 Å². The number of amides is 1. The molecule has 0 bridgehead atoms. The van der Waals surface area contributed by atoms with E-state index in [0.717, 1.165) is 16.6 Å². The van der Waals surface area contributed by atoms with Gasteiger partial charge in [-0.05, 0) is 37.3 Å². The van der Waals surface area contributed by atoms with E-state index in [2.05, 4.69) is 39.0 Å². The van der Waals surface area contributed by atoms with Crippen LogP contribution in [-0.4, -0.2) is 15.9 Å². The minimum atomic E-state index is -0.298.